The van der Waals surface area contributed by atoms with E-state index in [0.29, 0.717) is 24.2 Å². The van der Waals surface area contributed by atoms with Crippen LogP contribution in [-0.4, -0.2) is 24.8 Å². The normalized spacial score (nSPS) is 20.4. The third-order valence-corrected chi connectivity index (χ3v) is 3.71. The van der Waals surface area contributed by atoms with Crippen LogP contribution in [0, 0.1) is 11.7 Å². The number of hydrogen-bond acceptors (Lipinski definition) is 3. The highest BCUT2D eigenvalue weighted by atomic mass is 19.1. The molecule has 1 saturated carbocycles. The number of carbonyl (C=O) groups excluding carboxylic acids is 2. The fourth-order valence-corrected chi connectivity index (χ4v) is 2.52. The molecular formula is C15H16FNO3. The summed E-state index contributed by atoms with van der Waals surface area (Å²) >= 11 is 0. The quantitative estimate of drug-likeness (QED) is 0.828. The Morgan fingerprint density at radius 1 is 1.40 bits per heavy atom. The fourth-order valence-electron chi connectivity index (χ4n) is 2.52. The van der Waals surface area contributed by atoms with E-state index in [1.54, 1.807) is 6.07 Å². The van der Waals surface area contributed by atoms with Gasteiger partial charge in [0.15, 0.2) is 6.61 Å². The van der Waals surface area contributed by atoms with Gasteiger partial charge in [0, 0.05) is 18.0 Å². The van der Waals surface area contributed by atoms with Crippen LogP contribution in [0.3, 0.4) is 0 Å². The maximum Gasteiger partial charge on any atom is 0.258 e. The molecule has 3 rings (SSSR count). The summed E-state index contributed by atoms with van der Waals surface area (Å²) in [7, 11) is 0. The van der Waals surface area contributed by atoms with Gasteiger partial charge in [-0.15, -0.1) is 0 Å². The number of ether oxygens (including phenoxy) is 1. The first-order chi connectivity index (χ1) is 9.65. The molecule has 0 saturated heterocycles. The molecule has 1 fully saturated rings. The lowest BCUT2D eigenvalue weighted by molar-refractivity contribution is -0.123. The lowest BCUT2D eigenvalue weighted by atomic mass is 10.1. The zero-order chi connectivity index (χ0) is 14.1. The Labute approximate surface area is 116 Å². The summed E-state index contributed by atoms with van der Waals surface area (Å²) in [5.41, 5.74) is 1.40. The van der Waals surface area contributed by atoms with E-state index in [0.717, 1.165) is 24.7 Å². The number of rotatable bonds is 5. The molecule has 1 amide bonds. The third-order valence-electron chi connectivity index (χ3n) is 3.71. The lowest BCUT2D eigenvalue weighted by Gasteiger charge is -2.09. The SMILES string of the molecule is O=CC1Cc2cc(OCC(=O)NC3CC3)cc(F)c2C1. The summed E-state index contributed by atoms with van der Waals surface area (Å²) < 4.78 is 19.2. The molecule has 0 spiro atoms. The van der Waals surface area contributed by atoms with Crippen LogP contribution in [0.5, 0.6) is 5.75 Å². The number of amides is 1. The number of aldehydes is 1. The molecule has 0 radical (unpaired) electrons. The van der Waals surface area contributed by atoms with Crippen molar-refractivity contribution in [2.24, 2.45) is 5.92 Å². The molecule has 20 heavy (non-hydrogen) atoms. The zero-order valence-corrected chi connectivity index (χ0v) is 11.0. The summed E-state index contributed by atoms with van der Waals surface area (Å²) in [5, 5.41) is 2.80. The monoisotopic (exact) mass is 277 g/mol. The maximum absolute atomic E-state index is 13.9. The molecule has 0 aromatic heterocycles. The third kappa shape index (κ3) is 2.81. The Kier molecular flexibility index (Phi) is 3.42. The average molecular weight is 277 g/mol. The molecule has 1 aromatic rings. The smallest absolute Gasteiger partial charge is 0.258 e. The minimum atomic E-state index is -0.357. The van der Waals surface area contributed by atoms with E-state index in [1.165, 1.54) is 6.07 Å². The molecule has 0 bridgehead atoms. The van der Waals surface area contributed by atoms with E-state index in [2.05, 4.69) is 5.32 Å². The molecule has 0 aliphatic heterocycles. The Bertz CT molecular complexity index is 554. The van der Waals surface area contributed by atoms with Gasteiger partial charge in [-0.25, -0.2) is 4.39 Å². The Balaban J connectivity index is 1.64. The first kappa shape index (κ1) is 13.1. The van der Waals surface area contributed by atoms with Crippen molar-refractivity contribution in [3.63, 3.8) is 0 Å². The number of fused-ring (bicyclic) bond motifs is 1. The van der Waals surface area contributed by atoms with Gasteiger partial charge in [-0.2, -0.15) is 0 Å². The number of halogens is 1. The molecule has 4 nitrogen and oxygen atoms in total. The van der Waals surface area contributed by atoms with E-state index >= 15 is 0 Å². The molecular weight excluding hydrogens is 261 g/mol. The highest BCUT2D eigenvalue weighted by molar-refractivity contribution is 5.78. The molecule has 1 unspecified atom stereocenters. The summed E-state index contributed by atoms with van der Waals surface area (Å²) in [5.74, 6) is -0.338. The van der Waals surface area contributed by atoms with Gasteiger partial charge in [-0.05, 0) is 42.9 Å². The van der Waals surface area contributed by atoms with Crippen LogP contribution in [0.1, 0.15) is 24.0 Å². The fraction of sp³-hybridized carbons (Fsp3) is 0.467. The van der Waals surface area contributed by atoms with Crippen LogP contribution < -0.4 is 10.1 Å². The van der Waals surface area contributed by atoms with Gasteiger partial charge in [-0.1, -0.05) is 0 Å². The van der Waals surface area contributed by atoms with Crippen molar-refractivity contribution < 1.29 is 18.7 Å². The topological polar surface area (TPSA) is 55.4 Å². The van der Waals surface area contributed by atoms with Crippen molar-refractivity contribution in [2.75, 3.05) is 6.61 Å². The second kappa shape index (κ2) is 5.23. The number of hydrogen-bond donors (Lipinski definition) is 1. The highest BCUT2D eigenvalue weighted by Gasteiger charge is 2.26. The summed E-state index contributed by atoms with van der Waals surface area (Å²) in [4.78, 5) is 22.3. The van der Waals surface area contributed by atoms with Gasteiger partial charge in [0.25, 0.3) is 5.91 Å². The second-order valence-electron chi connectivity index (χ2n) is 5.48. The molecule has 106 valence electrons. The molecule has 1 N–H and O–H groups in total. The van der Waals surface area contributed by atoms with Crippen molar-refractivity contribution in [1.82, 2.24) is 5.32 Å². The van der Waals surface area contributed by atoms with Gasteiger partial charge < -0.3 is 14.8 Å². The molecule has 0 heterocycles. The van der Waals surface area contributed by atoms with Crippen molar-refractivity contribution in [3.05, 3.63) is 29.1 Å². The average Bonchev–Trinajstić information content (AvgIpc) is 3.12. The van der Waals surface area contributed by atoms with Gasteiger partial charge in [0.1, 0.15) is 17.9 Å². The molecule has 2 aliphatic rings. The van der Waals surface area contributed by atoms with E-state index in [1.807, 2.05) is 0 Å². The maximum atomic E-state index is 13.9. The minimum absolute atomic E-state index is 0.105. The Morgan fingerprint density at radius 3 is 2.90 bits per heavy atom. The molecule has 1 atom stereocenters. The van der Waals surface area contributed by atoms with Crippen LogP contribution in [0.15, 0.2) is 12.1 Å². The first-order valence-corrected chi connectivity index (χ1v) is 6.84. The standard InChI is InChI=1S/C15H16FNO3/c16-14-6-12(20-8-15(19)17-11-1-2-11)5-10-3-9(7-18)4-13(10)14/h5-7,9,11H,1-4,8H2,(H,17,19). The van der Waals surface area contributed by atoms with Crippen LogP contribution in [-0.2, 0) is 22.4 Å². The van der Waals surface area contributed by atoms with Crippen LogP contribution in [0.25, 0.3) is 0 Å². The van der Waals surface area contributed by atoms with Crippen molar-refractivity contribution in [2.45, 2.75) is 31.7 Å². The summed E-state index contributed by atoms with van der Waals surface area (Å²) in [6.45, 7) is -0.105. The molecule has 1 aromatic carbocycles. The van der Waals surface area contributed by atoms with Gasteiger partial charge in [0.05, 0.1) is 0 Å². The minimum Gasteiger partial charge on any atom is -0.484 e. The van der Waals surface area contributed by atoms with E-state index in [4.69, 9.17) is 4.74 Å². The second-order valence-corrected chi connectivity index (χ2v) is 5.48. The number of nitrogens with one attached hydrogen (secondary N) is 1. The van der Waals surface area contributed by atoms with Gasteiger partial charge in [0.2, 0.25) is 0 Å². The summed E-state index contributed by atoms with van der Waals surface area (Å²) in [6.07, 6.45) is 3.90. The van der Waals surface area contributed by atoms with E-state index in [9.17, 15) is 14.0 Å². The first-order valence-electron chi connectivity index (χ1n) is 6.84. The van der Waals surface area contributed by atoms with Crippen molar-refractivity contribution >= 4 is 12.2 Å². The van der Waals surface area contributed by atoms with Crippen molar-refractivity contribution in [1.29, 1.82) is 0 Å². The van der Waals surface area contributed by atoms with Gasteiger partial charge in [-0.3, -0.25) is 4.79 Å². The number of benzene rings is 1. The predicted octanol–water partition coefficient (Wildman–Crippen LogP) is 1.40. The Morgan fingerprint density at radius 2 is 2.20 bits per heavy atom. The molecule has 2 aliphatic carbocycles. The Hall–Kier alpha value is -1.91. The van der Waals surface area contributed by atoms with Crippen LogP contribution in [0.2, 0.25) is 0 Å². The lowest BCUT2D eigenvalue weighted by Crippen LogP contribution is -2.30. The number of carbonyl (C=O) groups is 2. The van der Waals surface area contributed by atoms with E-state index < -0.39 is 0 Å². The molecule has 5 heteroatoms. The predicted molar refractivity (Wildman–Crippen MR) is 70.0 cm³/mol. The highest BCUT2D eigenvalue weighted by Crippen LogP contribution is 2.31. The van der Waals surface area contributed by atoms with E-state index in [-0.39, 0.29) is 30.3 Å². The van der Waals surface area contributed by atoms with Crippen LogP contribution >= 0.6 is 0 Å². The van der Waals surface area contributed by atoms with Crippen molar-refractivity contribution in [3.8, 4) is 5.75 Å². The zero-order valence-electron chi connectivity index (χ0n) is 11.0. The van der Waals surface area contributed by atoms with Crippen LogP contribution in [0.4, 0.5) is 4.39 Å². The largest absolute Gasteiger partial charge is 0.484 e. The summed E-state index contributed by atoms with van der Waals surface area (Å²) in [6, 6.07) is 3.30. The van der Waals surface area contributed by atoms with Gasteiger partial charge >= 0.3 is 0 Å².